The first-order valence-corrected chi connectivity index (χ1v) is 7.27. The Morgan fingerprint density at radius 2 is 1.95 bits per heavy atom. The molecule has 0 bridgehead atoms. The van der Waals surface area contributed by atoms with E-state index in [2.05, 4.69) is 21.6 Å². The Morgan fingerprint density at radius 3 is 2.64 bits per heavy atom. The summed E-state index contributed by atoms with van der Waals surface area (Å²) >= 11 is 5.97. The second kappa shape index (κ2) is 7.63. The molecule has 0 radical (unpaired) electrons. The first kappa shape index (κ1) is 16.1. The van der Waals surface area contributed by atoms with E-state index in [-0.39, 0.29) is 5.97 Å². The Kier molecular flexibility index (Phi) is 5.57. The van der Waals surface area contributed by atoms with Gasteiger partial charge < -0.3 is 4.74 Å². The maximum Gasteiger partial charge on any atom is 0.305 e. The number of carbonyl (C=O) groups is 1. The summed E-state index contributed by atoms with van der Waals surface area (Å²) in [5, 5.41) is 0.477. The van der Waals surface area contributed by atoms with Crippen molar-refractivity contribution in [1.29, 1.82) is 0 Å². The van der Waals surface area contributed by atoms with Gasteiger partial charge in [-0.1, -0.05) is 35.6 Å². The largest absolute Gasteiger partial charge is 0.469 e. The van der Waals surface area contributed by atoms with Gasteiger partial charge in [-0.2, -0.15) is 0 Å². The molecule has 2 rings (SSSR count). The summed E-state index contributed by atoms with van der Waals surface area (Å²) in [6.07, 6.45) is 2.70. The molecular weight excluding hydrogens is 298 g/mol. The minimum Gasteiger partial charge on any atom is -0.469 e. The monoisotopic (exact) mass is 313 g/mol. The van der Waals surface area contributed by atoms with E-state index in [1.807, 2.05) is 37.3 Å². The lowest BCUT2D eigenvalue weighted by molar-refractivity contribution is -0.140. The van der Waals surface area contributed by atoms with Gasteiger partial charge in [0.1, 0.15) is 5.15 Å². The van der Waals surface area contributed by atoms with Crippen molar-refractivity contribution in [1.82, 2.24) is 4.98 Å². The van der Waals surface area contributed by atoms with Gasteiger partial charge in [0.2, 0.25) is 0 Å². The fourth-order valence-corrected chi connectivity index (χ4v) is 2.05. The number of benzene rings is 1. The molecule has 1 heterocycles. The molecule has 0 aliphatic carbocycles. The summed E-state index contributed by atoms with van der Waals surface area (Å²) in [6, 6.07) is 9.67. The van der Waals surface area contributed by atoms with Crippen LogP contribution in [-0.2, 0) is 16.0 Å². The van der Waals surface area contributed by atoms with Gasteiger partial charge >= 0.3 is 5.97 Å². The van der Waals surface area contributed by atoms with Crippen LogP contribution in [0.25, 0.3) is 0 Å². The molecule has 112 valence electrons. The van der Waals surface area contributed by atoms with Gasteiger partial charge in [0.05, 0.1) is 7.11 Å². The van der Waals surface area contributed by atoms with Crippen LogP contribution < -0.4 is 0 Å². The summed E-state index contributed by atoms with van der Waals surface area (Å²) in [5.74, 6) is 6.00. The molecule has 0 atom stereocenters. The van der Waals surface area contributed by atoms with Crippen LogP contribution in [0, 0.1) is 18.8 Å². The molecule has 0 aliphatic rings. The molecule has 4 heteroatoms. The number of halogens is 1. The molecule has 0 saturated heterocycles. The number of esters is 1. The van der Waals surface area contributed by atoms with Crippen LogP contribution in [0.2, 0.25) is 5.15 Å². The average molecular weight is 314 g/mol. The summed E-state index contributed by atoms with van der Waals surface area (Å²) in [7, 11) is 1.40. The van der Waals surface area contributed by atoms with E-state index >= 15 is 0 Å². The smallest absolute Gasteiger partial charge is 0.305 e. The minimum atomic E-state index is -0.200. The Hall–Kier alpha value is -2.31. The molecule has 0 N–H and O–H groups in total. The topological polar surface area (TPSA) is 39.2 Å². The highest BCUT2D eigenvalue weighted by molar-refractivity contribution is 6.30. The number of nitrogens with zero attached hydrogens (tertiary/aromatic N) is 1. The van der Waals surface area contributed by atoms with E-state index in [1.165, 1.54) is 7.11 Å². The van der Waals surface area contributed by atoms with Crippen molar-refractivity contribution in [3.05, 3.63) is 63.9 Å². The van der Waals surface area contributed by atoms with Crippen LogP contribution in [0.5, 0.6) is 0 Å². The van der Waals surface area contributed by atoms with E-state index in [4.69, 9.17) is 11.6 Å². The van der Waals surface area contributed by atoms with Crippen molar-refractivity contribution in [3.8, 4) is 11.8 Å². The molecule has 1 aromatic heterocycles. The van der Waals surface area contributed by atoms with E-state index in [1.54, 1.807) is 6.20 Å². The fourth-order valence-electron chi connectivity index (χ4n) is 1.89. The van der Waals surface area contributed by atoms with Crippen LogP contribution in [0.3, 0.4) is 0 Å². The van der Waals surface area contributed by atoms with Crippen molar-refractivity contribution < 1.29 is 9.53 Å². The maximum absolute atomic E-state index is 11.1. The lowest BCUT2D eigenvalue weighted by atomic mass is 10.1. The molecule has 0 fully saturated rings. The minimum absolute atomic E-state index is 0.200. The number of aromatic nitrogens is 1. The van der Waals surface area contributed by atoms with Crippen LogP contribution in [-0.4, -0.2) is 18.1 Å². The van der Waals surface area contributed by atoms with Crippen molar-refractivity contribution in [2.24, 2.45) is 0 Å². The van der Waals surface area contributed by atoms with E-state index in [0.717, 1.165) is 22.3 Å². The number of carbonyl (C=O) groups excluding carboxylic acids is 1. The zero-order valence-electron chi connectivity index (χ0n) is 12.5. The Morgan fingerprint density at radius 1 is 1.23 bits per heavy atom. The zero-order valence-corrected chi connectivity index (χ0v) is 13.3. The molecule has 0 aliphatic heterocycles. The van der Waals surface area contributed by atoms with Crippen LogP contribution >= 0.6 is 11.6 Å². The summed E-state index contributed by atoms with van der Waals surface area (Å²) in [4.78, 5) is 15.1. The molecular formula is C18H16ClNO2. The number of rotatable bonds is 3. The van der Waals surface area contributed by atoms with Crippen LogP contribution in [0.1, 0.15) is 28.7 Å². The van der Waals surface area contributed by atoms with E-state index < -0.39 is 0 Å². The average Bonchev–Trinajstić information content (AvgIpc) is 2.55. The molecule has 2 aromatic rings. The van der Waals surface area contributed by atoms with E-state index in [9.17, 15) is 4.79 Å². The Labute approximate surface area is 135 Å². The lowest BCUT2D eigenvalue weighted by Crippen LogP contribution is -2.01. The van der Waals surface area contributed by atoms with Crippen LogP contribution in [0.4, 0.5) is 0 Å². The number of methoxy groups -OCH3 is 1. The first-order chi connectivity index (χ1) is 10.6. The van der Waals surface area contributed by atoms with Gasteiger partial charge in [-0.05, 0) is 37.1 Å². The van der Waals surface area contributed by atoms with Gasteiger partial charge in [-0.25, -0.2) is 4.98 Å². The quantitative estimate of drug-likeness (QED) is 0.494. The van der Waals surface area contributed by atoms with Crippen molar-refractivity contribution in [2.45, 2.75) is 19.8 Å². The first-order valence-electron chi connectivity index (χ1n) is 6.89. The van der Waals surface area contributed by atoms with Crippen LogP contribution in [0.15, 0.2) is 36.5 Å². The van der Waals surface area contributed by atoms with Gasteiger partial charge in [0, 0.05) is 29.3 Å². The van der Waals surface area contributed by atoms with E-state index in [0.29, 0.717) is 18.0 Å². The molecule has 0 saturated carbocycles. The number of ether oxygens (including phenoxy) is 1. The zero-order chi connectivity index (χ0) is 15.9. The third kappa shape index (κ3) is 4.34. The fraction of sp³-hybridized carbons (Fsp3) is 0.222. The number of hydrogen-bond acceptors (Lipinski definition) is 3. The number of aryl methyl sites for hydroxylation is 1. The molecule has 0 spiro atoms. The van der Waals surface area contributed by atoms with Gasteiger partial charge in [0.25, 0.3) is 0 Å². The predicted molar refractivity (Wildman–Crippen MR) is 86.7 cm³/mol. The predicted octanol–water partition coefficient (Wildman–Crippen LogP) is 3.55. The van der Waals surface area contributed by atoms with Crippen molar-refractivity contribution in [2.75, 3.05) is 7.11 Å². The summed E-state index contributed by atoms with van der Waals surface area (Å²) < 4.78 is 4.63. The summed E-state index contributed by atoms with van der Waals surface area (Å²) in [6.45, 7) is 1.90. The second-order valence-corrected chi connectivity index (χ2v) is 5.16. The third-order valence-electron chi connectivity index (χ3n) is 3.28. The van der Waals surface area contributed by atoms with Crippen molar-refractivity contribution in [3.63, 3.8) is 0 Å². The second-order valence-electron chi connectivity index (χ2n) is 4.80. The van der Waals surface area contributed by atoms with Crippen molar-refractivity contribution >= 4 is 17.6 Å². The normalized spacial score (nSPS) is 9.77. The molecule has 22 heavy (non-hydrogen) atoms. The molecule has 3 nitrogen and oxygen atoms in total. The third-order valence-corrected chi connectivity index (χ3v) is 3.66. The number of hydrogen-bond donors (Lipinski definition) is 0. The maximum atomic E-state index is 11.1. The standard InChI is InChI=1S/C18H16ClNO2/c1-13-16(11-12-20-18(13)19)9-7-14-3-5-15(6-4-14)8-10-17(21)22-2/h3-6,11-12H,8,10H2,1-2H3. The highest BCUT2D eigenvalue weighted by atomic mass is 35.5. The van der Waals surface area contributed by atoms with Gasteiger partial charge in [-0.3, -0.25) is 4.79 Å². The Balaban J connectivity index is 2.07. The molecule has 0 amide bonds. The highest BCUT2D eigenvalue weighted by Gasteiger charge is 2.02. The highest BCUT2D eigenvalue weighted by Crippen LogP contribution is 2.15. The molecule has 1 aromatic carbocycles. The van der Waals surface area contributed by atoms with Gasteiger partial charge in [-0.15, -0.1) is 0 Å². The Bertz CT molecular complexity index is 727. The van der Waals surface area contributed by atoms with Gasteiger partial charge in [0.15, 0.2) is 0 Å². The SMILES string of the molecule is COC(=O)CCc1ccc(C#Cc2ccnc(Cl)c2C)cc1. The number of pyridine rings is 1. The lowest BCUT2D eigenvalue weighted by Gasteiger charge is -2.01. The summed E-state index contributed by atoms with van der Waals surface area (Å²) in [5.41, 5.74) is 3.74. The molecule has 0 unspecified atom stereocenters.